The number of ether oxygens (including phenoxy) is 2. The van der Waals surface area contributed by atoms with Crippen LogP contribution in [-0.2, 0) is 15.8 Å². The van der Waals surface area contributed by atoms with Crippen LogP contribution in [0.3, 0.4) is 0 Å². The number of primary amides is 1. The van der Waals surface area contributed by atoms with Gasteiger partial charge >= 0.3 is 6.18 Å². The molecule has 0 radical (unpaired) electrons. The van der Waals surface area contributed by atoms with E-state index in [0.717, 1.165) is 36.0 Å². The number of pyridine rings is 1. The van der Waals surface area contributed by atoms with Crippen molar-refractivity contribution in [3.05, 3.63) is 70.1 Å². The van der Waals surface area contributed by atoms with E-state index in [0.29, 0.717) is 16.0 Å². The minimum atomic E-state index is -5.35. The van der Waals surface area contributed by atoms with E-state index in [9.17, 15) is 32.3 Å². The fourth-order valence-corrected chi connectivity index (χ4v) is 6.22. The molecular weight excluding hydrogens is 616 g/mol. The Hall–Kier alpha value is -4.30. The normalized spacial score (nSPS) is 19.1. The highest BCUT2D eigenvalue weighted by Gasteiger charge is 2.58. The number of aromatic nitrogens is 2. The number of amides is 2. The molecule has 236 valence electrons. The van der Waals surface area contributed by atoms with Crippen LogP contribution in [0.25, 0.3) is 21.5 Å². The average Bonchev–Trinajstić information content (AvgIpc) is 3.59. The lowest BCUT2D eigenvalue weighted by Crippen LogP contribution is -2.52. The first-order chi connectivity index (χ1) is 21.3. The van der Waals surface area contributed by atoms with Crippen LogP contribution in [0.15, 0.2) is 42.5 Å². The van der Waals surface area contributed by atoms with Crippen molar-refractivity contribution in [1.82, 2.24) is 15.3 Å². The number of halogens is 4. The maximum Gasteiger partial charge on any atom is 0.424 e. The van der Waals surface area contributed by atoms with Gasteiger partial charge in [0, 0.05) is 16.7 Å². The monoisotopic (exact) mass is 644 g/mol. The fraction of sp³-hybridized carbons (Fsp3) is 0.355. The standard InChI is InChI=1S/C31H28F4N4O5S/c1-3-29(28(36)41)14-43-26-20(29)12-23(39-24(26)16-4-6-18(32)7-5-16)30(42,31(33,34)35)13-37-27(40)17-10-21(44-19-8-9-19)25-22(11-17)45-15(2)38-25/h4-7,10-12,19,42H,3,8-9,13-14H2,1-2H3,(H2,36,41)(H,37,40)/t29-,30?/m0/s1. The number of hydrogen-bond donors (Lipinski definition) is 3. The number of carbonyl (C=O) groups excluding carboxylic acids is 2. The van der Waals surface area contributed by atoms with Crippen molar-refractivity contribution in [3.8, 4) is 22.8 Å². The molecule has 0 bridgehead atoms. The van der Waals surface area contributed by atoms with Crippen LogP contribution in [0.4, 0.5) is 17.6 Å². The second-order valence-corrected chi connectivity index (χ2v) is 12.5. The predicted octanol–water partition coefficient (Wildman–Crippen LogP) is 5.05. The van der Waals surface area contributed by atoms with Gasteiger partial charge in [0.15, 0.2) is 0 Å². The molecule has 0 spiro atoms. The van der Waals surface area contributed by atoms with E-state index in [-0.39, 0.29) is 47.3 Å². The predicted molar refractivity (Wildman–Crippen MR) is 157 cm³/mol. The van der Waals surface area contributed by atoms with E-state index >= 15 is 0 Å². The SMILES string of the molecule is CC[C@]1(C(N)=O)COc2c1cc(C(O)(CNC(=O)c1cc(OC3CC3)c3nc(C)sc3c1)C(F)(F)F)nc2-c1ccc(F)cc1. The van der Waals surface area contributed by atoms with Crippen LogP contribution in [0.1, 0.15) is 52.8 Å². The van der Waals surface area contributed by atoms with Crippen LogP contribution in [0.5, 0.6) is 11.5 Å². The fourth-order valence-electron chi connectivity index (χ4n) is 5.34. The third-order valence-electron chi connectivity index (χ3n) is 8.19. The van der Waals surface area contributed by atoms with Gasteiger partial charge in [-0.1, -0.05) is 6.92 Å². The van der Waals surface area contributed by atoms with Gasteiger partial charge in [0.2, 0.25) is 11.5 Å². The van der Waals surface area contributed by atoms with Gasteiger partial charge in [-0.05, 0) is 68.7 Å². The summed E-state index contributed by atoms with van der Waals surface area (Å²) >= 11 is 1.30. The molecule has 2 aromatic carbocycles. The van der Waals surface area contributed by atoms with Gasteiger partial charge in [-0.15, -0.1) is 11.3 Å². The molecule has 9 nitrogen and oxygen atoms in total. The largest absolute Gasteiger partial charge is 0.489 e. The van der Waals surface area contributed by atoms with E-state index in [1.807, 2.05) is 0 Å². The lowest BCUT2D eigenvalue weighted by molar-refractivity contribution is -0.265. The Morgan fingerprint density at radius 3 is 2.51 bits per heavy atom. The van der Waals surface area contributed by atoms with Crippen molar-refractivity contribution in [2.75, 3.05) is 13.2 Å². The molecule has 4 aromatic rings. The number of benzene rings is 2. The van der Waals surface area contributed by atoms with Crippen LogP contribution < -0.4 is 20.5 Å². The number of hydrogen-bond acceptors (Lipinski definition) is 8. The zero-order valence-electron chi connectivity index (χ0n) is 24.1. The summed E-state index contributed by atoms with van der Waals surface area (Å²) in [6.07, 6.45) is -3.61. The molecule has 4 N–H and O–H groups in total. The first kappa shape index (κ1) is 30.7. The molecule has 1 unspecified atom stereocenters. The minimum Gasteiger partial charge on any atom is -0.489 e. The van der Waals surface area contributed by atoms with Crippen molar-refractivity contribution in [1.29, 1.82) is 0 Å². The van der Waals surface area contributed by atoms with Gasteiger partial charge < -0.3 is 25.6 Å². The molecule has 14 heteroatoms. The molecule has 2 amide bonds. The summed E-state index contributed by atoms with van der Waals surface area (Å²) in [6.45, 7) is 1.83. The molecule has 45 heavy (non-hydrogen) atoms. The van der Waals surface area contributed by atoms with Crippen LogP contribution in [0.2, 0.25) is 0 Å². The average molecular weight is 645 g/mol. The van der Waals surface area contributed by atoms with Gasteiger partial charge in [-0.3, -0.25) is 9.59 Å². The summed E-state index contributed by atoms with van der Waals surface area (Å²) in [5, 5.41) is 14.3. The molecule has 1 aliphatic heterocycles. The van der Waals surface area contributed by atoms with Crippen molar-refractivity contribution in [2.24, 2.45) is 5.73 Å². The molecular formula is C31H28F4N4O5S. The Bertz CT molecular complexity index is 1830. The number of thiazole rings is 1. The first-order valence-electron chi connectivity index (χ1n) is 14.2. The number of aliphatic hydroxyl groups is 1. The number of nitrogens with zero attached hydrogens (tertiary/aromatic N) is 2. The van der Waals surface area contributed by atoms with Crippen molar-refractivity contribution in [3.63, 3.8) is 0 Å². The number of nitrogens with one attached hydrogen (secondary N) is 1. The van der Waals surface area contributed by atoms with E-state index in [4.69, 9.17) is 15.2 Å². The van der Waals surface area contributed by atoms with E-state index in [2.05, 4.69) is 15.3 Å². The summed E-state index contributed by atoms with van der Waals surface area (Å²) in [4.78, 5) is 34.5. The highest BCUT2D eigenvalue weighted by Crippen LogP contribution is 2.49. The van der Waals surface area contributed by atoms with Crippen LogP contribution in [-0.4, -0.2) is 52.3 Å². The Balaban J connectivity index is 1.41. The summed E-state index contributed by atoms with van der Waals surface area (Å²) in [7, 11) is 0. The Morgan fingerprint density at radius 2 is 1.89 bits per heavy atom. The zero-order valence-corrected chi connectivity index (χ0v) is 24.9. The maximum atomic E-state index is 14.8. The summed E-state index contributed by atoms with van der Waals surface area (Å²) < 4.78 is 70.4. The molecule has 3 heterocycles. The van der Waals surface area contributed by atoms with Gasteiger partial charge in [-0.25, -0.2) is 14.4 Å². The Morgan fingerprint density at radius 1 is 1.18 bits per heavy atom. The second-order valence-electron chi connectivity index (χ2n) is 11.2. The van der Waals surface area contributed by atoms with Gasteiger partial charge in [0.25, 0.3) is 5.91 Å². The molecule has 2 aliphatic rings. The third kappa shape index (κ3) is 5.35. The number of nitrogens with two attached hydrogens (primary N) is 1. The van der Waals surface area contributed by atoms with Crippen molar-refractivity contribution < 1.29 is 41.7 Å². The summed E-state index contributed by atoms with van der Waals surface area (Å²) in [5.41, 5.74) is 0.189. The summed E-state index contributed by atoms with van der Waals surface area (Å²) in [5.74, 6) is -1.99. The molecule has 2 aromatic heterocycles. The van der Waals surface area contributed by atoms with Crippen molar-refractivity contribution in [2.45, 2.75) is 56.4 Å². The second kappa shape index (κ2) is 10.9. The van der Waals surface area contributed by atoms with E-state index in [1.165, 1.54) is 35.6 Å². The van der Waals surface area contributed by atoms with Gasteiger partial charge in [-0.2, -0.15) is 13.2 Å². The highest BCUT2D eigenvalue weighted by atomic mass is 32.1. The van der Waals surface area contributed by atoms with Crippen molar-refractivity contribution >= 4 is 33.4 Å². The lowest BCUT2D eigenvalue weighted by atomic mass is 9.78. The Labute approximate surface area is 258 Å². The smallest absolute Gasteiger partial charge is 0.424 e. The maximum absolute atomic E-state index is 14.8. The molecule has 0 saturated heterocycles. The topological polar surface area (TPSA) is 137 Å². The number of fused-ring (bicyclic) bond motifs is 2. The Kier molecular flexibility index (Phi) is 7.47. The minimum absolute atomic E-state index is 0.00344. The number of aryl methyl sites for hydroxylation is 1. The van der Waals surface area contributed by atoms with Crippen LogP contribution in [0, 0.1) is 12.7 Å². The molecule has 1 fully saturated rings. The molecule has 6 rings (SSSR count). The molecule has 1 saturated carbocycles. The lowest BCUT2D eigenvalue weighted by Gasteiger charge is -2.32. The zero-order chi connectivity index (χ0) is 32.3. The first-order valence-corrected chi connectivity index (χ1v) is 15.0. The number of carbonyl (C=O) groups is 2. The number of rotatable bonds is 9. The third-order valence-corrected chi connectivity index (χ3v) is 9.11. The number of alkyl halides is 3. The van der Waals surface area contributed by atoms with Crippen LogP contribution >= 0.6 is 11.3 Å². The highest BCUT2D eigenvalue weighted by molar-refractivity contribution is 7.18. The van der Waals surface area contributed by atoms with E-state index in [1.54, 1.807) is 13.8 Å². The van der Waals surface area contributed by atoms with Gasteiger partial charge in [0.05, 0.1) is 28.1 Å². The quantitative estimate of drug-likeness (QED) is 0.217. The van der Waals surface area contributed by atoms with Gasteiger partial charge in [0.1, 0.15) is 40.5 Å². The van der Waals surface area contributed by atoms with E-state index < -0.39 is 47.1 Å². The molecule has 2 atom stereocenters. The molecule has 1 aliphatic carbocycles. The summed E-state index contributed by atoms with van der Waals surface area (Å²) in [6, 6.07) is 8.61.